The number of phenols is 1. The van der Waals surface area contributed by atoms with Gasteiger partial charge in [0.25, 0.3) is 5.69 Å². The van der Waals surface area contributed by atoms with Crippen LogP contribution < -0.4 is 11.1 Å². The number of amides is 1. The van der Waals surface area contributed by atoms with Crippen LogP contribution in [0.5, 0.6) is 5.75 Å². The Morgan fingerprint density at radius 2 is 2.05 bits per heavy atom. The monoisotopic (exact) mass is 267 g/mol. The molecule has 0 aliphatic rings. The standard InChI is InChI=1S/C12H17N3O4/c1-12(2,3)10(13)11(17)14-8-5-4-7(15(18)19)6-9(8)16/h4-6,10,16H,13H2,1-3H3,(H,14,17)/t10-/m1/s1. The van der Waals surface area contributed by atoms with Gasteiger partial charge in [-0.25, -0.2) is 0 Å². The summed E-state index contributed by atoms with van der Waals surface area (Å²) in [6.07, 6.45) is 0. The topological polar surface area (TPSA) is 118 Å². The first-order valence-corrected chi connectivity index (χ1v) is 5.67. The van der Waals surface area contributed by atoms with E-state index >= 15 is 0 Å². The Labute approximate surface area is 110 Å². The first-order chi connectivity index (χ1) is 8.62. The first kappa shape index (κ1) is 14.9. The lowest BCUT2D eigenvalue weighted by Gasteiger charge is -2.25. The number of benzene rings is 1. The molecule has 0 aliphatic heterocycles. The van der Waals surface area contributed by atoms with Gasteiger partial charge in [-0.15, -0.1) is 0 Å². The molecule has 104 valence electrons. The predicted molar refractivity (Wildman–Crippen MR) is 70.8 cm³/mol. The summed E-state index contributed by atoms with van der Waals surface area (Å²) in [6, 6.07) is 2.67. The molecule has 19 heavy (non-hydrogen) atoms. The fourth-order valence-corrected chi connectivity index (χ4v) is 1.34. The summed E-state index contributed by atoms with van der Waals surface area (Å²) in [6.45, 7) is 5.44. The molecule has 0 saturated heterocycles. The molecule has 0 heterocycles. The molecule has 0 aromatic heterocycles. The van der Waals surface area contributed by atoms with Gasteiger partial charge in [0.05, 0.1) is 22.7 Å². The number of phenolic OH excluding ortho intramolecular Hbond substituents is 1. The van der Waals surface area contributed by atoms with Crippen LogP contribution in [0.25, 0.3) is 0 Å². The van der Waals surface area contributed by atoms with Crippen molar-refractivity contribution in [2.24, 2.45) is 11.1 Å². The molecule has 0 saturated carbocycles. The third-order valence-corrected chi connectivity index (χ3v) is 2.67. The number of aromatic hydroxyl groups is 1. The Morgan fingerprint density at radius 1 is 1.47 bits per heavy atom. The summed E-state index contributed by atoms with van der Waals surface area (Å²) < 4.78 is 0. The van der Waals surface area contributed by atoms with Crippen LogP contribution in [0.4, 0.5) is 11.4 Å². The maximum absolute atomic E-state index is 11.8. The Hall–Kier alpha value is -2.15. The van der Waals surface area contributed by atoms with Crippen LogP contribution in [-0.4, -0.2) is 22.0 Å². The molecule has 1 rings (SSSR count). The van der Waals surface area contributed by atoms with Gasteiger partial charge in [0, 0.05) is 6.07 Å². The van der Waals surface area contributed by atoms with Crippen molar-refractivity contribution < 1.29 is 14.8 Å². The van der Waals surface area contributed by atoms with E-state index in [9.17, 15) is 20.0 Å². The number of nitro benzene ring substituents is 1. The minimum Gasteiger partial charge on any atom is -0.506 e. The Morgan fingerprint density at radius 3 is 2.47 bits per heavy atom. The fraction of sp³-hybridized carbons (Fsp3) is 0.417. The number of non-ortho nitro benzene ring substituents is 1. The van der Waals surface area contributed by atoms with E-state index in [-0.39, 0.29) is 17.1 Å². The van der Waals surface area contributed by atoms with Crippen molar-refractivity contribution in [2.75, 3.05) is 5.32 Å². The van der Waals surface area contributed by atoms with Crippen molar-refractivity contribution in [3.05, 3.63) is 28.3 Å². The zero-order chi connectivity index (χ0) is 14.8. The lowest BCUT2D eigenvalue weighted by molar-refractivity contribution is -0.384. The number of nitrogens with one attached hydrogen (secondary N) is 1. The molecule has 0 spiro atoms. The number of nitro groups is 1. The van der Waals surface area contributed by atoms with Crippen LogP contribution in [0.1, 0.15) is 20.8 Å². The maximum atomic E-state index is 11.8. The fourth-order valence-electron chi connectivity index (χ4n) is 1.34. The molecule has 0 bridgehead atoms. The normalized spacial score (nSPS) is 12.8. The van der Waals surface area contributed by atoms with Crippen LogP contribution in [0.15, 0.2) is 18.2 Å². The third-order valence-electron chi connectivity index (χ3n) is 2.67. The Kier molecular flexibility index (Phi) is 4.10. The Bertz CT molecular complexity index is 508. The maximum Gasteiger partial charge on any atom is 0.273 e. The minimum atomic E-state index is -0.762. The van der Waals surface area contributed by atoms with E-state index in [1.54, 1.807) is 0 Å². The van der Waals surface area contributed by atoms with Crippen molar-refractivity contribution >= 4 is 17.3 Å². The van der Waals surface area contributed by atoms with Crippen molar-refractivity contribution in [1.82, 2.24) is 0 Å². The van der Waals surface area contributed by atoms with Gasteiger partial charge in [0.1, 0.15) is 5.75 Å². The molecule has 1 atom stereocenters. The van der Waals surface area contributed by atoms with E-state index < -0.39 is 22.3 Å². The molecule has 7 heteroatoms. The van der Waals surface area contributed by atoms with Crippen molar-refractivity contribution in [2.45, 2.75) is 26.8 Å². The largest absolute Gasteiger partial charge is 0.506 e. The summed E-state index contributed by atoms with van der Waals surface area (Å²) in [5.74, 6) is -0.833. The summed E-state index contributed by atoms with van der Waals surface area (Å²) in [5, 5.41) is 22.6. The van der Waals surface area contributed by atoms with E-state index in [4.69, 9.17) is 5.73 Å². The molecule has 1 aromatic carbocycles. The van der Waals surface area contributed by atoms with Gasteiger partial charge in [-0.05, 0) is 11.5 Å². The Balaban J connectivity index is 2.89. The number of hydrogen-bond acceptors (Lipinski definition) is 5. The first-order valence-electron chi connectivity index (χ1n) is 5.67. The number of nitrogens with zero attached hydrogens (tertiary/aromatic N) is 1. The highest BCUT2D eigenvalue weighted by molar-refractivity contribution is 5.96. The van der Waals surface area contributed by atoms with Gasteiger partial charge < -0.3 is 16.2 Å². The summed E-state index contributed by atoms with van der Waals surface area (Å²) >= 11 is 0. The van der Waals surface area contributed by atoms with E-state index in [2.05, 4.69) is 5.32 Å². The average Bonchev–Trinajstić information content (AvgIpc) is 2.29. The number of rotatable bonds is 3. The van der Waals surface area contributed by atoms with Crippen LogP contribution in [0.3, 0.4) is 0 Å². The summed E-state index contributed by atoms with van der Waals surface area (Å²) in [4.78, 5) is 21.7. The molecular formula is C12H17N3O4. The number of nitrogens with two attached hydrogens (primary N) is 1. The average molecular weight is 267 g/mol. The van der Waals surface area contributed by atoms with Crippen molar-refractivity contribution in [3.8, 4) is 5.75 Å². The molecule has 7 nitrogen and oxygen atoms in total. The number of carbonyl (C=O) groups excluding carboxylic acids is 1. The molecule has 0 unspecified atom stereocenters. The molecule has 0 fully saturated rings. The van der Waals surface area contributed by atoms with Gasteiger partial charge in [0.2, 0.25) is 5.91 Å². The quantitative estimate of drug-likeness (QED) is 0.436. The van der Waals surface area contributed by atoms with Gasteiger partial charge in [-0.1, -0.05) is 20.8 Å². The predicted octanol–water partition coefficient (Wildman–Crippen LogP) is 1.61. The molecule has 0 radical (unpaired) electrons. The minimum absolute atomic E-state index is 0.0929. The van der Waals surface area contributed by atoms with Crippen LogP contribution in [0, 0.1) is 15.5 Å². The molecule has 0 aliphatic carbocycles. The van der Waals surface area contributed by atoms with E-state index in [0.717, 1.165) is 6.07 Å². The second-order valence-corrected chi connectivity index (χ2v) is 5.29. The molecule has 1 amide bonds. The number of anilines is 1. The van der Waals surface area contributed by atoms with Crippen LogP contribution in [-0.2, 0) is 4.79 Å². The van der Waals surface area contributed by atoms with Crippen LogP contribution >= 0.6 is 0 Å². The smallest absolute Gasteiger partial charge is 0.273 e. The van der Waals surface area contributed by atoms with Crippen LogP contribution in [0.2, 0.25) is 0 Å². The second kappa shape index (κ2) is 5.23. The second-order valence-electron chi connectivity index (χ2n) is 5.29. The van der Waals surface area contributed by atoms with E-state index in [1.165, 1.54) is 12.1 Å². The summed E-state index contributed by atoms with van der Waals surface area (Å²) in [7, 11) is 0. The highest BCUT2D eigenvalue weighted by atomic mass is 16.6. The SMILES string of the molecule is CC(C)(C)[C@H](N)C(=O)Nc1ccc([N+](=O)[O-])cc1O. The molecular weight excluding hydrogens is 250 g/mol. The van der Waals surface area contributed by atoms with Gasteiger partial charge in [-0.3, -0.25) is 14.9 Å². The molecule has 4 N–H and O–H groups in total. The van der Waals surface area contributed by atoms with Gasteiger partial charge in [-0.2, -0.15) is 0 Å². The summed E-state index contributed by atoms with van der Waals surface area (Å²) in [5.41, 5.74) is 5.18. The highest BCUT2D eigenvalue weighted by Gasteiger charge is 2.28. The lowest BCUT2D eigenvalue weighted by atomic mass is 9.87. The lowest BCUT2D eigenvalue weighted by Crippen LogP contribution is -2.45. The molecule has 1 aromatic rings. The van der Waals surface area contributed by atoms with E-state index in [0.29, 0.717) is 0 Å². The highest BCUT2D eigenvalue weighted by Crippen LogP contribution is 2.28. The third kappa shape index (κ3) is 3.65. The zero-order valence-electron chi connectivity index (χ0n) is 11.0. The number of hydrogen-bond donors (Lipinski definition) is 3. The van der Waals surface area contributed by atoms with Gasteiger partial charge in [0.15, 0.2) is 0 Å². The van der Waals surface area contributed by atoms with Crippen molar-refractivity contribution in [3.63, 3.8) is 0 Å². The van der Waals surface area contributed by atoms with Gasteiger partial charge >= 0.3 is 0 Å². The van der Waals surface area contributed by atoms with Crippen molar-refractivity contribution in [1.29, 1.82) is 0 Å². The number of carbonyl (C=O) groups is 1. The zero-order valence-corrected chi connectivity index (χ0v) is 11.0. The van der Waals surface area contributed by atoms with E-state index in [1.807, 2.05) is 20.8 Å².